The van der Waals surface area contributed by atoms with E-state index in [4.69, 9.17) is 17.3 Å². The Bertz CT molecular complexity index is 749. The Morgan fingerprint density at radius 1 is 1.38 bits per heavy atom. The number of hydrogen-bond acceptors (Lipinski definition) is 3. The predicted molar refractivity (Wildman–Crippen MR) is 95.9 cm³/mol. The number of carbonyl (C=O) groups excluding carboxylic acids is 1. The minimum atomic E-state index is -0.0510. The van der Waals surface area contributed by atoms with Gasteiger partial charge in [0.1, 0.15) is 11.4 Å². The van der Waals surface area contributed by atoms with Crippen molar-refractivity contribution in [2.24, 2.45) is 7.05 Å². The second kappa shape index (κ2) is 6.85. The Morgan fingerprint density at radius 3 is 2.62 bits per heavy atom. The molecule has 0 spiro atoms. The molecule has 128 valence electrons. The maximum absolute atomic E-state index is 13.3. The molecule has 1 aliphatic rings. The van der Waals surface area contributed by atoms with Crippen molar-refractivity contribution in [1.29, 1.82) is 0 Å². The van der Waals surface area contributed by atoms with Crippen molar-refractivity contribution >= 4 is 23.3 Å². The Balaban J connectivity index is 1.95. The van der Waals surface area contributed by atoms with E-state index in [1.54, 1.807) is 11.7 Å². The van der Waals surface area contributed by atoms with Gasteiger partial charge in [0.25, 0.3) is 5.91 Å². The zero-order valence-corrected chi connectivity index (χ0v) is 14.9. The molecular formula is C18H23ClN4O. The number of hydrogen-bond donors (Lipinski definition) is 1. The summed E-state index contributed by atoms with van der Waals surface area (Å²) in [7, 11) is 1.76. The molecular weight excluding hydrogens is 324 g/mol. The van der Waals surface area contributed by atoms with Crippen LogP contribution in [0.25, 0.3) is 0 Å². The highest BCUT2D eigenvalue weighted by Gasteiger charge is 2.31. The van der Waals surface area contributed by atoms with Crippen LogP contribution in [0, 0.1) is 6.92 Å². The fourth-order valence-electron chi connectivity index (χ4n) is 3.48. The van der Waals surface area contributed by atoms with Crippen molar-refractivity contribution in [2.75, 3.05) is 5.73 Å². The number of nitrogen functional groups attached to an aromatic ring is 1. The number of amides is 1. The molecule has 6 heteroatoms. The highest BCUT2D eigenvalue weighted by atomic mass is 35.5. The minimum Gasteiger partial charge on any atom is -0.383 e. The molecule has 1 aliphatic carbocycles. The van der Waals surface area contributed by atoms with E-state index in [1.165, 1.54) is 0 Å². The number of aromatic nitrogens is 2. The topological polar surface area (TPSA) is 64.2 Å². The molecule has 2 N–H and O–H groups in total. The van der Waals surface area contributed by atoms with Gasteiger partial charge in [0, 0.05) is 24.7 Å². The van der Waals surface area contributed by atoms with Crippen LogP contribution in [0.2, 0.25) is 5.02 Å². The summed E-state index contributed by atoms with van der Waals surface area (Å²) < 4.78 is 1.56. The number of nitrogens with zero attached hydrogens (tertiary/aromatic N) is 3. The van der Waals surface area contributed by atoms with Crippen molar-refractivity contribution in [3.63, 3.8) is 0 Å². The SMILES string of the molecule is Cc1nn(C)c(N)c1C(=O)N(Cc1ccccc1Cl)C1CCCC1. The lowest BCUT2D eigenvalue weighted by Gasteiger charge is -2.29. The third kappa shape index (κ3) is 3.13. The number of benzene rings is 1. The van der Waals surface area contributed by atoms with Crippen LogP contribution in [0.3, 0.4) is 0 Å². The Labute approximate surface area is 147 Å². The summed E-state index contributed by atoms with van der Waals surface area (Å²) in [6.45, 7) is 2.32. The zero-order chi connectivity index (χ0) is 17.3. The molecule has 0 radical (unpaired) electrons. The minimum absolute atomic E-state index is 0.0510. The maximum atomic E-state index is 13.3. The van der Waals surface area contributed by atoms with Crippen LogP contribution in [-0.4, -0.2) is 26.6 Å². The zero-order valence-electron chi connectivity index (χ0n) is 14.1. The maximum Gasteiger partial charge on any atom is 0.260 e. The molecule has 1 heterocycles. The predicted octanol–water partition coefficient (Wildman–Crippen LogP) is 3.55. The Hall–Kier alpha value is -2.01. The molecule has 1 fully saturated rings. The number of anilines is 1. The Morgan fingerprint density at radius 2 is 2.04 bits per heavy atom. The van der Waals surface area contributed by atoms with Crippen molar-refractivity contribution in [3.8, 4) is 0 Å². The van der Waals surface area contributed by atoms with Gasteiger partial charge in [-0.05, 0) is 31.4 Å². The first-order valence-corrected chi connectivity index (χ1v) is 8.70. The van der Waals surface area contributed by atoms with Crippen LogP contribution in [0.15, 0.2) is 24.3 Å². The normalized spacial score (nSPS) is 15.0. The quantitative estimate of drug-likeness (QED) is 0.920. The van der Waals surface area contributed by atoms with Crippen molar-refractivity contribution in [1.82, 2.24) is 14.7 Å². The molecule has 24 heavy (non-hydrogen) atoms. The molecule has 0 aliphatic heterocycles. The lowest BCUT2D eigenvalue weighted by Crippen LogP contribution is -2.39. The summed E-state index contributed by atoms with van der Waals surface area (Å²) >= 11 is 6.31. The number of carbonyl (C=O) groups is 1. The van der Waals surface area contributed by atoms with E-state index in [2.05, 4.69) is 5.10 Å². The van der Waals surface area contributed by atoms with E-state index in [0.29, 0.717) is 28.6 Å². The Kier molecular flexibility index (Phi) is 4.81. The van der Waals surface area contributed by atoms with Crippen molar-refractivity contribution < 1.29 is 4.79 Å². The monoisotopic (exact) mass is 346 g/mol. The van der Waals surface area contributed by atoms with Crippen molar-refractivity contribution in [2.45, 2.75) is 45.2 Å². The van der Waals surface area contributed by atoms with Crippen LogP contribution in [-0.2, 0) is 13.6 Å². The summed E-state index contributed by atoms with van der Waals surface area (Å²) in [6.07, 6.45) is 4.35. The number of rotatable bonds is 4. The molecule has 1 amide bonds. The molecule has 0 atom stereocenters. The summed E-state index contributed by atoms with van der Waals surface area (Å²) in [6, 6.07) is 7.90. The average Bonchev–Trinajstić information content (AvgIpc) is 3.15. The van der Waals surface area contributed by atoms with Crippen LogP contribution in [0.4, 0.5) is 5.82 Å². The summed E-state index contributed by atoms with van der Waals surface area (Å²) in [4.78, 5) is 15.2. The number of halogens is 1. The van der Waals surface area contributed by atoms with E-state index in [9.17, 15) is 4.79 Å². The first-order valence-electron chi connectivity index (χ1n) is 8.32. The van der Waals surface area contributed by atoms with Gasteiger partial charge in [0.05, 0.1) is 5.69 Å². The van der Waals surface area contributed by atoms with Crippen LogP contribution < -0.4 is 5.73 Å². The lowest BCUT2D eigenvalue weighted by atomic mass is 10.1. The summed E-state index contributed by atoms with van der Waals surface area (Å²) in [5.41, 5.74) is 8.23. The molecule has 3 rings (SSSR count). The van der Waals surface area contributed by atoms with E-state index in [1.807, 2.05) is 36.1 Å². The van der Waals surface area contributed by atoms with E-state index >= 15 is 0 Å². The van der Waals surface area contributed by atoms with Gasteiger partial charge in [-0.1, -0.05) is 42.6 Å². The first-order chi connectivity index (χ1) is 11.5. The second-order valence-electron chi connectivity index (χ2n) is 6.43. The van der Waals surface area contributed by atoms with Gasteiger partial charge in [0.15, 0.2) is 0 Å². The van der Waals surface area contributed by atoms with Gasteiger partial charge in [-0.3, -0.25) is 9.48 Å². The third-order valence-electron chi connectivity index (χ3n) is 4.81. The van der Waals surface area contributed by atoms with E-state index < -0.39 is 0 Å². The highest BCUT2D eigenvalue weighted by molar-refractivity contribution is 6.31. The van der Waals surface area contributed by atoms with Gasteiger partial charge in [-0.15, -0.1) is 0 Å². The molecule has 0 unspecified atom stereocenters. The smallest absolute Gasteiger partial charge is 0.260 e. The lowest BCUT2D eigenvalue weighted by molar-refractivity contribution is 0.0665. The van der Waals surface area contributed by atoms with Gasteiger partial charge >= 0.3 is 0 Å². The van der Waals surface area contributed by atoms with E-state index in [-0.39, 0.29) is 11.9 Å². The number of nitrogens with two attached hydrogens (primary N) is 1. The van der Waals surface area contributed by atoms with Crippen LogP contribution in [0.5, 0.6) is 0 Å². The standard InChI is InChI=1S/C18H23ClN4O/c1-12-16(17(20)22(2)21-12)18(24)23(14-8-4-5-9-14)11-13-7-3-6-10-15(13)19/h3,6-7,10,14H,4-5,8-9,11,20H2,1-2H3. The molecule has 1 saturated carbocycles. The second-order valence-corrected chi connectivity index (χ2v) is 6.84. The molecule has 2 aromatic rings. The molecule has 1 aromatic heterocycles. The van der Waals surface area contributed by atoms with Gasteiger partial charge in [0.2, 0.25) is 0 Å². The van der Waals surface area contributed by atoms with Crippen LogP contribution in [0.1, 0.15) is 47.3 Å². The van der Waals surface area contributed by atoms with Crippen LogP contribution >= 0.6 is 11.6 Å². The van der Waals surface area contributed by atoms with Crippen molar-refractivity contribution in [3.05, 3.63) is 46.1 Å². The molecule has 0 bridgehead atoms. The molecule has 5 nitrogen and oxygen atoms in total. The highest BCUT2D eigenvalue weighted by Crippen LogP contribution is 2.29. The van der Waals surface area contributed by atoms with Gasteiger partial charge < -0.3 is 10.6 Å². The molecule has 1 aromatic carbocycles. The largest absolute Gasteiger partial charge is 0.383 e. The fourth-order valence-corrected chi connectivity index (χ4v) is 3.67. The summed E-state index contributed by atoms with van der Waals surface area (Å²) in [5.74, 6) is 0.365. The van der Waals surface area contributed by atoms with Gasteiger partial charge in [-0.2, -0.15) is 5.10 Å². The third-order valence-corrected chi connectivity index (χ3v) is 5.17. The average molecular weight is 347 g/mol. The summed E-state index contributed by atoms with van der Waals surface area (Å²) in [5, 5.41) is 4.97. The number of aryl methyl sites for hydroxylation is 2. The van der Waals surface area contributed by atoms with E-state index in [0.717, 1.165) is 31.2 Å². The molecule has 0 saturated heterocycles. The van der Waals surface area contributed by atoms with Gasteiger partial charge in [-0.25, -0.2) is 0 Å². The first kappa shape index (κ1) is 16.8. The fraction of sp³-hybridized carbons (Fsp3) is 0.444.